The van der Waals surface area contributed by atoms with Crippen molar-refractivity contribution in [2.75, 3.05) is 11.9 Å². The fourth-order valence-electron chi connectivity index (χ4n) is 4.14. The fraction of sp³-hybridized carbons (Fsp3) is 0.269. The molecule has 1 aliphatic carbocycles. The summed E-state index contributed by atoms with van der Waals surface area (Å²) >= 11 is 0. The predicted octanol–water partition coefficient (Wildman–Crippen LogP) is 5.39. The van der Waals surface area contributed by atoms with E-state index in [2.05, 4.69) is 24.1 Å². The summed E-state index contributed by atoms with van der Waals surface area (Å²) in [6.45, 7) is 4.87. The highest BCUT2D eigenvalue weighted by Crippen LogP contribution is 2.46. The summed E-state index contributed by atoms with van der Waals surface area (Å²) in [6.07, 6.45) is 5.22. The van der Waals surface area contributed by atoms with Gasteiger partial charge >= 0.3 is 0 Å². The van der Waals surface area contributed by atoms with Crippen LogP contribution in [0.5, 0.6) is 0 Å². The molecule has 0 radical (unpaired) electrons. The van der Waals surface area contributed by atoms with Crippen molar-refractivity contribution in [3.05, 3.63) is 71.6 Å². The van der Waals surface area contributed by atoms with Crippen molar-refractivity contribution in [2.24, 2.45) is 11.7 Å². The number of nitrogens with one attached hydrogen (secondary N) is 1. The van der Waals surface area contributed by atoms with Crippen LogP contribution in [0.4, 0.5) is 14.6 Å². The zero-order chi connectivity index (χ0) is 24.0. The molecule has 2 aromatic carbocycles. The summed E-state index contributed by atoms with van der Waals surface area (Å²) < 4.78 is 30.7. The predicted molar refractivity (Wildman–Crippen MR) is 128 cm³/mol. The summed E-state index contributed by atoms with van der Waals surface area (Å²) in [6, 6.07) is 9.28. The molecule has 5 rings (SSSR count). The van der Waals surface area contributed by atoms with Crippen LogP contribution in [0, 0.1) is 17.6 Å². The number of nitrogens with two attached hydrogens (primary N) is 1. The molecule has 8 heteroatoms. The smallest absolute Gasteiger partial charge is 0.251 e. The van der Waals surface area contributed by atoms with Crippen molar-refractivity contribution in [2.45, 2.75) is 32.6 Å². The van der Waals surface area contributed by atoms with Gasteiger partial charge in [-0.15, -0.1) is 0 Å². The van der Waals surface area contributed by atoms with Gasteiger partial charge in [0.1, 0.15) is 11.6 Å². The second-order valence-corrected chi connectivity index (χ2v) is 9.12. The summed E-state index contributed by atoms with van der Waals surface area (Å²) in [5.41, 5.74) is 9.11. The molecule has 1 amide bonds. The Morgan fingerprint density at radius 2 is 1.91 bits per heavy atom. The third-order valence-corrected chi connectivity index (χ3v) is 6.02. The average Bonchev–Trinajstić information content (AvgIpc) is 3.55. The van der Waals surface area contributed by atoms with Crippen molar-refractivity contribution in [1.29, 1.82) is 0 Å². The molecule has 0 aliphatic heterocycles. The number of carbonyl (C=O) groups is 1. The van der Waals surface area contributed by atoms with Crippen LogP contribution < -0.4 is 11.1 Å². The van der Waals surface area contributed by atoms with Crippen molar-refractivity contribution < 1.29 is 13.6 Å². The molecule has 0 saturated heterocycles. The molecule has 0 bridgehead atoms. The minimum atomic E-state index is -0.785. The molecule has 0 unspecified atom stereocenters. The molecule has 2 heterocycles. The molecule has 3 N–H and O–H groups in total. The lowest BCUT2D eigenvalue weighted by Gasteiger charge is -2.15. The topological polar surface area (TPSA) is 85.3 Å². The largest absolute Gasteiger partial charge is 0.367 e. The van der Waals surface area contributed by atoms with Gasteiger partial charge in [0.15, 0.2) is 11.5 Å². The monoisotopic (exact) mass is 461 g/mol. The van der Waals surface area contributed by atoms with Gasteiger partial charge in [0.2, 0.25) is 0 Å². The minimum Gasteiger partial charge on any atom is -0.367 e. The Morgan fingerprint density at radius 1 is 1.18 bits per heavy atom. The Labute approximate surface area is 195 Å². The van der Waals surface area contributed by atoms with Crippen LogP contribution in [0.15, 0.2) is 48.8 Å². The Hall–Kier alpha value is -3.81. The third-order valence-electron chi connectivity index (χ3n) is 6.02. The van der Waals surface area contributed by atoms with Crippen LogP contribution in [-0.2, 0) is 0 Å². The number of hydrogen-bond acceptors (Lipinski definition) is 4. The molecule has 1 saturated carbocycles. The second kappa shape index (κ2) is 8.52. The van der Waals surface area contributed by atoms with E-state index in [1.165, 1.54) is 18.2 Å². The maximum atomic E-state index is 15.3. The Balaban J connectivity index is 1.72. The molecule has 0 spiro atoms. The lowest BCUT2D eigenvalue weighted by atomic mass is 9.96. The molecule has 4 aromatic rings. The van der Waals surface area contributed by atoms with E-state index in [0.29, 0.717) is 46.4 Å². The number of nitrogens with zero attached hydrogens (tertiary/aromatic N) is 3. The zero-order valence-corrected chi connectivity index (χ0v) is 19.0. The fourth-order valence-corrected chi connectivity index (χ4v) is 4.14. The van der Waals surface area contributed by atoms with Gasteiger partial charge in [0.25, 0.3) is 5.91 Å². The van der Waals surface area contributed by atoms with Crippen LogP contribution >= 0.6 is 0 Å². The van der Waals surface area contributed by atoms with Crippen molar-refractivity contribution >= 4 is 17.4 Å². The highest BCUT2D eigenvalue weighted by molar-refractivity contribution is 5.94. The SMILES string of the molecule is CC(C)CNc1nc(-c2ccc(F)cc2)cn2c(-c3ccc(C(N)=O)c(F)c3C3CC3)cnc12. The maximum absolute atomic E-state index is 15.3. The Morgan fingerprint density at radius 3 is 2.56 bits per heavy atom. The number of hydrogen-bond donors (Lipinski definition) is 2. The minimum absolute atomic E-state index is 0.0387. The first-order chi connectivity index (χ1) is 16.3. The molecule has 1 fully saturated rings. The zero-order valence-electron chi connectivity index (χ0n) is 19.0. The van der Waals surface area contributed by atoms with Crippen LogP contribution in [0.25, 0.3) is 28.2 Å². The van der Waals surface area contributed by atoms with Gasteiger partial charge in [-0.05, 0) is 55.0 Å². The van der Waals surface area contributed by atoms with Gasteiger partial charge in [-0.1, -0.05) is 19.9 Å². The first-order valence-corrected chi connectivity index (χ1v) is 11.3. The van der Waals surface area contributed by atoms with E-state index in [9.17, 15) is 9.18 Å². The summed E-state index contributed by atoms with van der Waals surface area (Å²) in [5, 5.41) is 3.35. The van der Waals surface area contributed by atoms with E-state index in [1.807, 2.05) is 10.6 Å². The van der Waals surface area contributed by atoms with E-state index in [1.54, 1.807) is 24.4 Å². The average molecular weight is 462 g/mol. The number of amides is 1. The third kappa shape index (κ3) is 4.00. The maximum Gasteiger partial charge on any atom is 0.251 e. The number of primary amides is 1. The molecular weight excluding hydrogens is 436 g/mol. The summed E-state index contributed by atoms with van der Waals surface area (Å²) in [4.78, 5) is 21.1. The molecular formula is C26H25F2N5O. The number of imidazole rings is 1. The quantitative estimate of drug-likeness (QED) is 0.387. The van der Waals surface area contributed by atoms with Gasteiger partial charge in [-0.2, -0.15) is 0 Å². The molecule has 6 nitrogen and oxygen atoms in total. The Kier molecular flexibility index (Phi) is 5.51. The summed E-state index contributed by atoms with van der Waals surface area (Å²) in [5.74, 6) is -0.672. The van der Waals surface area contributed by atoms with Crippen molar-refractivity contribution in [3.63, 3.8) is 0 Å². The standard InChI is InChI=1S/C26H25F2N5O/c1-14(2)11-30-25-26-31-12-21(33(26)13-20(32-25)15-5-7-17(27)8-6-15)18-9-10-19(24(29)34)23(28)22(18)16-3-4-16/h5-10,12-14,16H,3-4,11H2,1-2H3,(H2,29,34)(H,30,32). The van der Waals surface area contributed by atoms with Gasteiger partial charge in [-0.3, -0.25) is 9.20 Å². The summed E-state index contributed by atoms with van der Waals surface area (Å²) in [7, 11) is 0. The first kappa shape index (κ1) is 22.0. The number of halogens is 2. The number of fused-ring (bicyclic) bond motifs is 1. The van der Waals surface area contributed by atoms with E-state index in [4.69, 9.17) is 10.7 Å². The van der Waals surface area contributed by atoms with E-state index in [-0.39, 0.29) is 17.3 Å². The Bertz CT molecular complexity index is 1390. The van der Waals surface area contributed by atoms with Crippen LogP contribution in [0.1, 0.15) is 48.5 Å². The number of benzene rings is 2. The van der Waals surface area contributed by atoms with E-state index < -0.39 is 11.7 Å². The lowest BCUT2D eigenvalue weighted by Crippen LogP contribution is -2.15. The number of rotatable bonds is 7. The van der Waals surface area contributed by atoms with Gasteiger partial charge in [0.05, 0.1) is 23.1 Å². The number of anilines is 1. The van der Waals surface area contributed by atoms with E-state index in [0.717, 1.165) is 18.4 Å². The lowest BCUT2D eigenvalue weighted by molar-refractivity contribution is 0.0996. The molecule has 1 aliphatic rings. The normalized spacial score (nSPS) is 13.6. The molecule has 2 aromatic heterocycles. The van der Waals surface area contributed by atoms with Gasteiger partial charge < -0.3 is 11.1 Å². The first-order valence-electron chi connectivity index (χ1n) is 11.3. The van der Waals surface area contributed by atoms with Gasteiger partial charge in [-0.25, -0.2) is 18.7 Å². The molecule has 34 heavy (non-hydrogen) atoms. The van der Waals surface area contributed by atoms with E-state index >= 15 is 4.39 Å². The van der Waals surface area contributed by atoms with Crippen molar-refractivity contribution in [3.8, 4) is 22.5 Å². The van der Waals surface area contributed by atoms with Crippen LogP contribution in [0.2, 0.25) is 0 Å². The number of carbonyl (C=O) groups excluding carboxylic acids is 1. The highest BCUT2D eigenvalue weighted by Gasteiger charge is 2.32. The van der Waals surface area contributed by atoms with Gasteiger partial charge in [0, 0.05) is 29.4 Å². The van der Waals surface area contributed by atoms with Crippen LogP contribution in [0.3, 0.4) is 0 Å². The molecule has 0 atom stereocenters. The second-order valence-electron chi connectivity index (χ2n) is 9.12. The van der Waals surface area contributed by atoms with Crippen LogP contribution in [-0.4, -0.2) is 26.8 Å². The molecule has 174 valence electrons. The highest BCUT2D eigenvalue weighted by atomic mass is 19.1. The van der Waals surface area contributed by atoms with Crippen molar-refractivity contribution in [1.82, 2.24) is 14.4 Å². The number of aromatic nitrogens is 3.